The Morgan fingerprint density at radius 2 is 1.90 bits per heavy atom. The predicted octanol–water partition coefficient (Wildman–Crippen LogP) is 0.520. The number of aromatic nitrogens is 1. The summed E-state index contributed by atoms with van der Waals surface area (Å²) in [6.07, 6.45) is 1.67. The van der Waals surface area contributed by atoms with Crippen LogP contribution in [0, 0.1) is 11.3 Å². The largest absolute Gasteiger partial charge is 0.347 e. The van der Waals surface area contributed by atoms with Crippen LogP contribution in [0.15, 0.2) is 47.5 Å². The van der Waals surface area contributed by atoms with Crippen LogP contribution in [-0.4, -0.2) is 18.9 Å². The van der Waals surface area contributed by atoms with E-state index in [-0.39, 0.29) is 4.90 Å². The fourth-order valence-corrected chi connectivity index (χ4v) is 2.48. The van der Waals surface area contributed by atoms with Crippen molar-refractivity contribution in [2.45, 2.75) is 4.90 Å². The Morgan fingerprint density at radius 3 is 2.43 bits per heavy atom. The molecule has 0 fully saturated rings. The standard InChI is InChI=1S/C13H12N4O3S/c1-17-8-2-3-12(17)13(18)15-16-21(19,20)11-6-4-10(9-14)5-7-11/h2-8,16H,1H3,(H,15,18). The maximum atomic E-state index is 12.0. The van der Waals surface area contributed by atoms with E-state index in [4.69, 9.17) is 5.26 Å². The Bertz CT molecular complexity index is 801. The SMILES string of the molecule is Cn1cccc1C(=O)NNS(=O)(=O)c1ccc(C#N)cc1. The van der Waals surface area contributed by atoms with E-state index in [0.29, 0.717) is 11.3 Å². The summed E-state index contributed by atoms with van der Waals surface area (Å²) in [6.45, 7) is 0. The second-order valence-corrected chi connectivity index (χ2v) is 5.88. The van der Waals surface area contributed by atoms with Crippen molar-refractivity contribution in [2.24, 2.45) is 7.05 Å². The van der Waals surface area contributed by atoms with Crippen LogP contribution in [0.3, 0.4) is 0 Å². The lowest BCUT2D eigenvalue weighted by atomic mass is 10.2. The number of nitrogens with one attached hydrogen (secondary N) is 2. The quantitative estimate of drug-likeness (QED) is 0.803. The first kappa shape index (κ1) is 14.8. The van der Waals surface area contributed by atoms with Crippen molar-refractivity contribution in [2.75, 3.05) is 0 Å². The predicted molar refractivity (Wildman–Crippen MR) is 74.4 cm³/mol. The fourth-order valence-electron chi connectivity index (χ4n) is 1.64. The third-order valence-corrected chi connectivity index (χ3v) is 4.03. The summed E-state index contributed by atoms with van der Waals surface area (Å²) in [7, 11) is -2.21. The number of hydrazine groups is 1. The van der Waals surface area contributed by atoms with Crippen LogP contribution in [0.5, 0.6) is 0 Å². The van der Waals surface area contributed by atoms with Crippen LogP contribution in [0.1, 0.15) is 16.1 Å². The van der Waals surface area contributed by atoms with Crippen molar-refractivity contribution >= 4 is 15.9 Å². The van der Waals surface area contributed by atoms with E-state index in [1.807, 2.05) is 10.9 Å². The van der Waals surface area contributed by atoms with E-state index < -0.39 is 15.9 Å². The summed E-state index contributed by atoms with van der Waals surface area (Å²) >= 11 is 0. The molecule has 108 valence electrons. The Labute approximate surface area is 121 Å². The Morgan fingerprint density at radius 1 is 1.24 bits per heavy atom. The summed E-state index contributed by atoms with van der Waals surface area (Å²) in [6, 6.07) is 10.5. The minimum absolute atomic E-state index is 0.0475. The summed E-state index contributed by atoms with van der Waals surface area (Å²) in [5.74, 6) is -0.570. The zero-order chi connectivity index (χ0) is 15.5. The molecule has 0 aliphatic heterocycles. The van der Waals surface area contributed by atoms with Crippen LogP contribution >= 0.6 is 0 Å². The van der Waals surface area contributed by atoms with Crippen molar-refractivity contribution in [1.29, 1.82) is 5.26 Å². The smallest absolute Gasteiger partial charge is 0.282 e. The summed E-state index contributed by atoms with van der Waals surface area (Å²) < 4.78 is 25.5. The van der Waals surface area contributed by atoms with Gasteiger partial charge in [0.1, 0.15) is 5.69 Å². The number of aryl methyl sites for hydroxylation is 1. The summed E-state index contributed by atoms with van der Waals surface area (Å²) in [5, 5.41) is 8.66. The number of hydrogen-bond donors (Lipinski definition) is 2. The number of nitrogens with zero attached hydrogens (tertiary/aromatic N) is 2. The molecule has 0 radical (unpaired) electrons. The van der Waals surface area contributed by atoms with Gasteiger partial charge >= 0.3 is 0 Å². The molecule has 2 rings (SSSR count). The molecule has 0 saturated heterocycles. The number of rotatable bonds is 4. The van der Waals surface area contributed by atoms with Crippen LogP contribution < -0.4 is 10.3 Å². The highest BCUT2D eigenvalue weighted by atomic mass is 32.2. The molecule has 1 aromatic heterocycles. The first-order valence-corrected chi connectivity index (χ1v) is 7.36. The molecule has 21 heavy (non-hydrogen) atoms. The number of amides is 1. The molecule has 0 aliphatic carbocycles. The van der Waals surface area contributed by atoms with Gasteiger partial charge in [0.25, 0.3) is 15.9 Å². The van der Waals surface area contributed by atoms with Crippen LogP contribution in [0.2, 0.25) is 0 Å². The van der Waals surface area contributed by atoms with Gasteiger partial charge in [-0.1, -0.05) is 0 Å². The summed E-state index contributed by atoms with van der Waals surface area (Å²) in [5.41, 5.74) is 2.80. The van der Waals surface area contributed by atoms with Gasteiger partial charge in [-0.15, -0.1) is 4.83 Å². The van der Waals surface area contributed by atoms with Crippen molar-refractivity contribution in [3.05, 3.63) is 53.9 Å². The van der Waals surface area contributed by atoms with E-state index in [9.17, 15) is 13.2 Å². The highest BCUT2D eigenvalue weighted by Gasteiger charge is 2.16. The molecule has 0 aliphatic rings. The molecule has 8 heteroatoms. The number of sulfonamides is 1. The second-order valence-electron chi connectivity index (χ2n) is 4.20. The van der Waals surface area contributed by atoms with Crippen molar-refractivity contribution in [3.8, 4) is 6.07 Å². The van der Waals surface area contributed by atoms with Gasteiger partial charge < -0.3 is 4.57 Å². The van der Waals surface area contributed by atoms with Crippen molar-refractivity contribution in [3.63, 3.8) is 0 Å². The topological polar surface area (TPSA) is 104 Å². The highest BCUT2D eigenvalue weighted by Crippen LogP contribution is 2.09. The van der Waals surface area contributed by atoms with Gasteiger partial charge in [-0.3, -0.25) is 10.2 Å². The van der Waals surface area contributed by atoms with E-state index in [1.54, 1.807) is 29.9 Å². The second kappa shape index (κ2) is 5.78. The molecule has 0 bridgehead atoms. The fraction of sp³-hybridized carbons (Fsp3) is 0.0769. The molecule has 0 unspecified atom stereocenters. The lowest BCUT2D eigenvalue weighted by molar-refractivity contribution is 0.0937. The zero-order valence-electron chi connectivity index (χ0n) is 11.1. The molecule has 1 amide bonds. The van der Waals surface area contributed by atoms with E-state index in [2.05, 4.69) is 5.43 Å². The van der Waals surface area contributed by atoms with Crippen molar-refractivity contribution < 1.29 is 13.2 Å². The normalized spacial score (nSPS) is 10.9. The third kappa shape index (κ3) is 3.28. The molecule has 0 saturated carbocycles. The number of carbonyl (C=O) groups is 1. The number of carbonyl (C=O) groups excluding carboxylic acids is 1. The first-order chi connectivity index (χ1) is 9.94. The van der Waals surface area contributed by atoms with Crippen LogP contribution in [0.25, 0.3) is 0 Å². The van der Waals surface area contributed by atoms with Crippen LogP contribution in [-0.2, 0) is 17.1 Å². The third-order valence-electron chi connectivity index (χ3n) is 2.77. The summed E-state index contributed by atoms with van der Waals surface area (Å²) in [4.78, 5) is 13.8. The molecule has 1 aromatic carbocycles. The van der Waals surface area contributed by atoms with Crippen LogP contribution in [0.4, 0.5) is 0 Å². The highest BCUT2D eigenvalue weighted by molar-refractivity contribution is 7.89. The van der Waals surface area contributed by atoms with Gasteiger partial charge in [0.2, 0.25) is 0 Å². The molecule has 0 spiro atoms. The zero-order valence-corrected chi connectivity index (χ0v) is 11.9. The molecule has 0 atom stereocenters. The Hall–Kier alpha value is -2.63. The van der Waals surface area contributed by atoms with Gasteiger partial charge in [-0.25, -0.2) is 8.42 Å². The van der Waals surface area contributed by atoms with Gasteiger partial charge in [0, 0.05) is 13.2 Å². The molecule has 7 nitrogen and oxygen atoms in total. The average molecular weight is 304 g/mol. The Balaban J connectivity index is 2.09. The molecular formula is C13H12N4O3S. The van der Waals surface area contributed by atoms with Crippen molar-refractivity contribution in [1.82, 2.24) is 14.8 Å². The van der Waals surface area contributed by atoms with E-state index >= 15 is 0 Å². The van der Waals surface area contributed by atoms with E-state index in [1.165, 1.54) is 24.3 Å². The lowest BCUT2D eigenvalue weighted by Crippen LogP contribution is -2.42. The number of nitriles is 1. The van der Waals surface area contributed by atoms with Gasteiger partial charge in [0.15, 0.2) is 0 Å². The number of benzene rings is 1. The maximum Gasteiger partial charge on any atom is 0.282 e. The number of hydrogen-bond acceptors (Lipinski definition) is 4. The first-order valence-electron chi connectivity index (χ1n) is 5.88. The Kier molecular flexibility index (Phi) is 4.07. The maximum absolute atomic E-state index is 12.0. The van der Waals surface area contributed by atoms with E-state index in [0.717, 1.165) is 0 Å². The molecule has 2 aromatic rings. The van der Waals surface area contributed by atoms with Gasteiger partial charge in [-0.2, -0.15) is 5.26 Å². The lowest BCUT2D eigenvalue weighted by Gasteiger charge is -2.09. The minimum atomic E-state index is -3.88. The molecule has 2 N–H and O–H groups in total. The molecular weight excluding hydrogens is 292 g/mol. The molecule has 1 heterocycles. The minimum Gasteiger partial charge on any atom is -0.347 e. The average Bonchev–Trinajstić information content (AvgIpc) is 2.91. The van der Waals surface area contributed by atoms with Gasteiger partial charge in [0.05, 0.1) is 16.5 Å². The monoisotopic (exact) mass is 304 g/mol. The van der Waals surface area contributed by atoms with Gasteiger partial charge in [-0.05, 0) is 36.4 Å².